The highest BCUT2D eigenvalue weighted by Crippen LogP contribution is 2.34. The van der Waals surface area contributed by atoms with Gasteiger partial charge in [0.1, 0.15) is 10.7 Å². The topological polar surface area (TPSA) is 78.0 Å². The molecule has 0 aliphatic rings. The van der Waals surface area contributed by atoms with Gasteiger partial charge < -0.3 is 5.73 Å². The molecular formula is C20H23N3O2S. The molecule has 0 aliphatic carbocycles. The van der Waals surface area contributed by atoms with Gasteiger partial charge >= 0.3 is 0 Å². The van der Waals surface area contributed by atoms with Crippen molar-refractivity contribution in [1.82, 2.24) is 9.55 Å². The van der Waals surface area contributed by atoms with E-state index in [2.05, 4.69) is 19.1 Å². The average molecular weight is 369 g/mol. The second kappa shape index (κ2) is 7.03. The number of hydrogen-bond donors (Lipinski definition) is 1. The van der Waals surface area contributed by atoms with Crippen LogP contribution in [-0.4, -0.2) is 15.5 Å². The van der Waals surface area contributed by atoms with E-state index in [-0.39, 0.29) is 24.4 Å². The molecule has 0 saturated heterocycles. The first-order valence-corrected chi connectivity index (χ1v) is 9.55. The Morgan fingerprint density at radius 3 is 2.62 bits per heavy atom. The third-order valence-electron chi connectivity index (χ3n) is 4.49. The summed E-state index contributed by atoms with van der Waals surface area (Å²) in [5, 5.41) is 2.62. The summed E-state index contributed by atoms with van der Waals surface area (Å²) in [6.45, 7) is 8.34. The summed E-state index contributed by atoms with van der Waals surface area (Å²) >= 11 is 1.48. The van der Waals surface area contributed by atoms with E-state index in [4.69, 9.17) is 10.7 Å². The fourth-order valence-corrected chi connectivity index (χ4v) is 4.17. The van der Waals surface area contributed by atoms with Crippen molar-refractivity contribution in [1.29, 1.82) is 0 Å². The first-order chi connectivity index (χ1) is 12.3. The fraction of sp³-hybridized carbons (Fsp3) is 0.350. The minimum absolute atomic E-state index is 0.0756. The second-order valence-electron chi connectivity index (χ2n) is 6.95. The highest BCUT2D eigenvalue weighted by molar-refractivity contribution is 7.17. The van der Waals surface area contributed by atoms with E-state index < -0.39 is 5.91 Å². The van der Waals surface area contributed by atoms with Crippen molar-refractivity contribution in [2.24, 2.45) is 5.73 Å². The standard InChI is InChI=1S/C20H23N3O2S/c1-11(2)18-22-19-17(20(25)23(18)8-7-16(21)24)15(10-26-19)14-6-5-12(3)9-13(14)4/h5-6,9-11H,7-8H2,1-4H3,(H2,21,24). The van der Waals surface area contributed by atoms with E-state index >= 15 is 0 Å². The minimum Gasteiger partial charge on any atom is -0.370 e. The summed E-state index contributed by atoms with van der Waals surface area (Å²) in [4.78, 5) is 30.0. The number of fused-ring (bicyclic) bond motifs is 1. The summed E-state index contributed by atoms with van der Waals surface area (Å²) in [6.07, 6.45) is 0.121. The van der Waals surface area contributed by atoms with Gasteiger partial charge in [0.15, 0.2) is 0 Å². The van der Waals surface area contributed by atoms with Crippen LogP contribution in [0.5, 0.6) is 0 Å². The lowest BCUT2D eigenvalue weighted by Gasteiger charge is -2.15. The Hall–Kier alpha value is -2.47. The number of amides is 1. The highest BCUT2D eigenvalue weighted by atomic mass is 32.1. The molecule has 2 N–H and O–H groups in total. The lowest BCUT2D eigenvalue weighted by atomic mass is 9.99. The number of nitrogens with two attached hydrogens (primary N) is 1. The van der Waals surface area contributed by atoms with E-state index in [9.17, 15) is 9.59 Å². The Bertz CT molecular complexity index is 1050. The molecule has 0 radical (unpaired) electrons. The molecular weight excluding hydrogens is 346 g/mol. The van der Waals surface area contributed by atoms with Gasteiger partial charge in [-0.3, -0.25) is 14.2 Å². The zero-order chi connectivity index (χ0) is 19.0. The van der Waals surface area contributed by atoms with E-state index in [0.717, 1.165) is 21.5 Å². The molecule has 5 nitrogen and oxygen atoms in total. The van der Waals surface area contributed by atoms with Crippen molar-refractivity contribution in [3.63, 3.8) is 0 Å². The summed E-state index contributed by atoms with van der Waals surface area (Å²) in [5.41, 5.74) is 9.45. The minimum atomic E-state index is -0.424. The Morgan fingerprint density at radius 2 is 2.00 bits per heavy atom. The predicted octanol–water partition coefficient (Wildman–Crippen LogP) is 3.74. The number of thiophene rings is 1. The number of nitrogens with zero attached hydrogens (tertiary/aromatic N) is 2. The summed E-state index contributed by atoms with van der Waals surface area (Å²) in [5.74, 6) is 0.344. The van der Waals surface area contributed by atoms with Gasteiger partial charge in [0.05, 0.1) is 5.39 Å². The maximum absolute atomic E-state index is 13.3. The lowest BCUT2D eigenvalue weighted by molar-refractivity contribution is -0.118. The fourth-order valence-electron chi connectivity index (χ4n) is 3.23. The van der Waals surface area contributed by atoms with Crippen molar-refractivity contribution >= 4 is 27.5 Å². The molecule has 6 heteroatoms. The molecule has 0 fully saturated rings. The van der Waals surface area contributed by atoms with Crippen LogP contribution in [0.4, 0.5) is 0 Å². The number of rotatable bonds is 5. The molecule has 1 aromatic carbocycles. The molecule has 2 heterocycles. The second-order valence-corrected chi connectivity index (χ2v) is 7.80. The Balaban J connectivity index is 2.27. The number of aromatic nitrogens is 2. The number of carbonyl (C=O) groups excluding carboxylic acids is 1. The van der Waals surface area contributed by atoms with E-state index in [1.165, 1.54) is 16.9 Å². The molecule has 0 atom stereocenters. The van der Waals surface area contributed by atoms with Crippen LogP contribution >= 0.6 is 11.3 Å². The number of benzene rings is 1. The molecule has 1 amide bonds. The van der Waals surface area contributed by atoms with Crippen LogP contribution in [0.15, 0.2) is 28.4 Å². The van der Waals surface area contributed by atoms with Crippen molar-refractivity contribution in [2.45, 2.75) is 46.6 Å². The molecule has 0 aliphatic heterocycles. The maximum Gasteiger partial charge on any atom is 0.262 e. The number of primary amides is 1. The average Bonchev–Trinajstić information content (AvgIpc) is 2.97. The van der Waals surface area contributed by atoms with Crippen LogP contribution in [0.1, 0.15) is 43.1 Å². The number of aryl methyl sites for hydroxylation is 2. The first-order valence-electron chi connectivity index (χ1n) is 8.67. The lowest BCUT2D eigenvalue weighted by Crippen LogP contribution is -2.28. The highest BCUT2D eigenvalue weighted by Gasteiger charge is 2.19. The van der Waals surface area contributed by atoms with Gasteiger partial charge in [0, 0.05) is 29.8 Å². The quantitative estimate of drug-likeness (QED) is 0.744. The zero-order valence-corrected chi connectivity index (χ0v) is 16.3. The molecule has 26 heavy (non-hydrogen) atoms. The molecule has 2 aromatic heterocycles. The monoisotopic (exact) mass is 369 g/mol. The van der Waals surface area contributed by atoms with Gasteiger partial charge in [-0.1, -0.05) is 37.6 Å². The molecule has 3 rings (SSSR count). The molecule has 0 saturated carbocycles. The van der Waals surface area contributed by atoms with Crippen LogP contribution in [0.3, 0.4) is 0 Å². The van der Waals surface area contributed by atoms with Gasteiger partial charge in [-0.05, 0) is 25.0 Å². The van der Waals surface area contributed by atoms with Crippen molar-refractivity contribution in [3.8, 4) is 11.1 Å². The predicted molar refractivity (Wildman–Crippen MR) is 107 cm³/mol. The largest absolute Gasteiger partial charge is 0.370 e. The van der Waals surface area contributed by atoms with Crippen molar-refractivity contribution < 1.29 is 4.79 Å². The number of carbonyl (C=O) groups is 1. The molecule has 0 unspecified atom stereocenters. The maximum atomic E-state index is 13.3. The molecule has 0 bridgehead atoms. The van der Waals surface area contributed by atoms with Crippen molar-refractivity contribution in [3.05, 3.63) is 50.9 Å². The Labute approximate surface area is 156 Å². The third kappa shape index (κ3) is 3.29. The first kappa shape index (κ1) is 18.3. The Morgan fingerprint density at radius 1 is 1.27 bits per heavy atom. The summed E-state index contributed by atoms with van der Waals surface area (Å²) in [7, 11) is 0. The summed E-state index contributed by atoms with van der Waals surface area (Å²) < 4.78 is 1.61. The normalized spacial score (nSPS) is 11.4. The van der Waals surface area contributed by atoms with E-state index in [1.807, 2.05) is 32.2 Å². The summed E-state index contributed by atoms with van der Waals surface area (Å²) in [6, 6.07) is 6.21. The van der Waals surface area contributed by atoms with Gasteiger partial charge in [-0.15, -0.1) is 11.3 Å². The smallest absolute Gasteiger partial charge is 0.262 e. The van der Waals surface area contributed by atoms with Crippen LogP contribution < -0.4 is 11.3 Å². The van der Waals surface area contributed by atoms with Gasteiger partial charge in [0.25, 0.3) is 5.56 Å². The van der Waals surface area contributed by atoms with Crippen LogP contribution in [0.2, 0.25) is 0 Å². The molecule has 3 aromatic rings. The van der Waals surface area contributed by atoms with Gasteiger partial charge in [-0.2, -0.15) is 0 Å². The zero-order valence-electron chi connectivity index (χ0n) is 15.5. The Kier molecular flexibility index (Phi) is 4.96. The molecule has 0 spiro atoms. The van der Waals surface area contributed by atoms with Crippen LogP contribution in [0.25, 0.3) is 21.3 Å². The van der Waals surface area contributed by atoms with Crippen LogP contribution in [-0.2, 0) is 11.3 Å². The van der Waals surface area contributed by atoms with E-state index in [0.29, 0.717) is 11.2 Å². The van der Waals surface area contributed by atoms with E-state index in [1.54, 1.807) is 4.57 Å². The van der Waals surface area contributed by atoms with Crippen molar-refractivity contribution in [2.75, 3.05) is 0 Å². The van der Waals surface area contributed by atoms with Crippen LogP contribution in [0, 0.1) is 13.8 Å². The van der Waals surface area contributed by atoms with Gasteiger partial charge in [0.2, 0.25) is 5.91 Å². The van der Waals surface area contributed by atoms with Gasteiger partial charge in [-0.25, -0.2) is 4.98 Å². The SMILES string of the molecule is Cc1ccc(-c2csc3nc(C(C)C)n(CCC(N)=O)c(=O)c23)c(C)c1. The number of hydrogen-bond acceptors (Lipinski definition) is 4. The third-order valence-corrected chi connectivity index (χ3v) is 5.37. The molecule has 136 valence electrons.